The standard InChI is InChI=1S/C16H23F2N3O2/c1-10-13(11(2)20-19-10)6-7-21(3)16(22)9-23-15-5-4-12(17)8-14(15)18/h4-5,8,10-11,13,19-20H,6-7,9H2,1-3H3. The Morgan fingerprint density at radius 3 is 2.52 bits per heavy atom. The van der Waals surface area contributed by atoms with E-state index in [0.29, 0.717) is 24.5 Å². The summed E-state index contributed by atoms with van der Waals surface area (Å²) in [5, 5.41) is 0. The molecule has 1 aromatic rings. The molecule has 1 aliphatic heterocycles. The Morgan fingerprint density at radius 1 is 1.26 bits per heavy atom. The summed E-state index contributed by atoms with van der Waals surface area (Å²) in [6, 6.07) is 3.69. The first kappa shape index (κ1) is 17.6. The van der Waals surface area contributed by atoms with Gasteiger partial charge in [0.15, 0.2) is 18.2 Å². The van der Waals surface area contributed by atoms with Crippen molar-refractivity contribution in [3.8, 4) is 5.75 Å². The molecular formula is C16H23F2N3O2. The van der Waals surface area contributed by atoms with Crippen LogP contribution in [0, 0.1) is 17.6 Å². The van der Waals surface area contributed by atoms with Crippen molar-refractivity contribution in [1.29, 1.82) is 0 Å². The van der Waals surface area contributed by atoms with Gasteiger partial charge < -0.3 is 9.64 Å². The summed E-state index contributed by atoms with van der Waals surface area (Å²) in [5.41, 5.74) is 6.36. The number of nitrogens with one attached hydrogen (secondary N) is 2. The first-order chi connectivity index (χ1) is 10.9. The van der Waals surface area contributed by atoms with Crippen LogP contribution >= 0.6 is 0 Å². The lowest BCUT2D eigenvalue weighted by molar-refractivity contribution is -0.132. The number of benzene rings is 1. The minimum absolute atomic E-state index is 0.125. The average Bonchev–Trinajstić information content (AvgIpc) is 2.82. The highest BCUT2D eigenvalue weighted by atomic mass is 19.1. The van der Waals surface area contributed by atoms with E-state index in [-0.39, 0.29) is 18.3 Å². The minimum Gasteiger partial charge on any atom is -0.481 e. The molecule has 1 saturated heterocycles. The molecule has 1 aromatic carbocycles. The van der Waals surface area contributed by atoms with Crippen LogP contribution in [0.25, 0.3) is 0 Å². The molecule has 0 spiro atoms. The highest BCUT2D eigenvalue weighted by Gasteiger charge is 2.29. The second kappa shape index (κ2) is 7.70. The first-order valence-electron chi connectivity index (χ1n) is 7.71. The summed E-state index contributed by atoms with van der Waals surface area (Å²) in [6.45, 7) is 4.52. The molecule has 0 aromatic heterocycles. The molecular weight excluding hydrogens is 304 g/mol. The van der Waals surface area contributed by atoms with Gasteiger partial charge in [0.05, 0.1) is 0 Å². The summed E-state index contributed by atoms with van der Waals surface area (Å²) in [5.74, 6) is -1.43. The molecule has 2 unspecified atom stereocenters. The molecule has 23 heavy (non-hydrogen) atoms. The maximum atomic E-state index is 13.4. The van der Waals surface area contributed by atoms with Crippen LogP contribution in [0.15, 0.2) is 18.2 Å². The van der Waals surface area contributed by atoms with E-state index in [1.54, 1.807) is 11.9 Å². The van der Waals surface area contributed by atoms with Crippen LogP contribution in [0.1, 0.15) is 20.3 Å². The number of nitrogens with zero attached hydrogens (tertiary/aromatic N) is 1. The number of rotatable bonds is 6. The number of carbonyl (C=O) groups excluding carboxylic acids is 1. The van der Waals surface area contributed by atoms with E-state index >= 15 is 0 Å². The molecule has 1 amide bonds. The summed E-state index contributed by atoms with van der Waals surface area (Å²) in [6.07, 6.45) is 0.857. The van der Waals surface area contributed by atoms with Gasteiger partial charge in [-0.15, -0.1) is 0 Å². The molecule has 0 radical (unpaired) electrons. The topological polar surface area (TPSA) is 53.6 Å². The van der Waals surface area contributed by atoms with E-state index in [9.17, 15) is 13.6 Å². The van der Waals surface area contributed by atoms with Crippen molar-refractivity contribution in [3.63, 3.8) is 0 Å². The number of likely N-dealkylation sites (N-methyl/N-ethyl adjacent to an activating group) is 1. The number of hydrazine groups is 1. The largest absolute Gasteiger partial charge is 0.481 e. The fourth-order valence-corrected chi connectivity index (χ4v) is 2.72. The Kier molecular flexibility index (Phi) is 5.90. The van der Waals surface area contributed by atoms with E-state index in [2.05, 4.69) is 24.7 Å². The van der Waals surface area contributed by atoms with Gasteiger partial charge in [-0.25, -0.2) is 8.78 Å². The predicted molar refractivity (Wildman–Crippen MR) is 82.8 cm³/mol. The quantitative estimate of drug-likeness (QED) is 0.835. The number of carbonyl (C=O) groups is 1. The molecule has 1 heterocycles. The second-order valence-electron chi connectivity index (χ2n) is 6.00. The molecule has 0 saturated carbocycles. The third-order valence-corrected chi connectivity index (χ3v) is 4.29. The normalized spacial score (nSPS) is 23.8. The number of amides is 1. The molecule has 0 aliphatic carbocycles. The molecule has 1 aliphatic rings. The van der Waals surface area contributed by atoms with Crippen molar-refractivity contribution in [2.75, 3.05) is 20.2 Å². The Labute approximate surface area is 135 Å². The Balaban J connectivity index is 1.78. The van der Waals surface area contributed by atoms with Crippen molar-refractivity contribution < 1.29 is 18.3 Å². The van der Waals surface area contributed by atoms with Gasteiger partial charge in [-0.2, -0.15) is 0 Å². The van der Waals surface area contributed by atoms with Crippen molar-refractivity contribution in [1.82, 2.24) is 15.8 Å². The predicted octanol–water partition coefficient (Wildman–Crippen LogP) is 1.69. The number of hydrogen-bond acceptors (Lipinski definition) is 4. The van der Waals surface area contributed by atoms with E-state index in [4.69, 9.17) is 4.74 Å². The van der Waals surface area contributed by atoms with Gasteiger partial charge in [0.1, 0.15) is 5.82 Å². The fourth-order valence-electron chi connectivity index (χ4n) is 2.72. The van der Waals surface area contributed by atoms with Gasteiger partial charge in [0.2, 0.25) is 0 Å². The van der Waals surface area contributed by atoms with Crippen LogP contribution in [0.4, 0.5) is 8.78 Å². The zero-order valence-corrected chi connectivity index (χ0v) is 13.6. The van der Waals surface area contributed by atoms with Crippen LogP contribution in [0.5, 0.6) is 5.75 Å². The van der Waals surface area contributed by atoms with Crippen LogP contribution < -0.4 is 15.6 Å². The minimum atomic E-state index is -0.814. The van der Waals surface area contributed by atoms with Crippen molar-refractivity contribution in [2.45, 2.75) is 32.4 Å². The van der Waals surface area contributed by atoms with Crippen LogP contribution in [0.2, 0.25) is 0 Å². The molecule has 2 rings (SSSR count). The molecule has 0 bridgehead atoms. The van der Waals surface area contributed by atoms with Gasteiger partial charge in [-0.1, -0.05) is 0 Å². The monoisotopic (exact) mass is 327 g/mol. The summed E-state index contributed by atoms with van der Waals surface area (Å²) in [7, 11) is 1.69. The molecule has 128 valence electrons. The second-order valence-corrected chi connectivity index (χ2v) is 6.00. The highest BCUT2D eigenvalue weighted by molar-refractivity contribution is 5.77. The van der Waals surface area contributed by atoms with Crippen LogP contribution in [0.3, 0.4) is 0 Å². The fraction of sp³-hybridized carbons (Fsp3) is 0.562. The SMILES string of the molecule is CC1NNC(C)C1CCN(C)C(=O)COc1ccc(F)cc1F. The highest BCUT2D eigenvalue weighted by Crippen LogP contribution is 2.19. The van der Waals surface area contributed by atoms with E-state index in [1.165, 1.54) is 6.07 Å². The smallest absolute Gasteiger partial charge is 0.260 e. The summed E-state index contributed by atoms with van der Waals surface area (Å²) < 4.78 is 31.4. The third kappa shape index (κ3) is 4.62. The Bertz CT molecular complexity index is 546. The third-order valence-electron chi connectivity index (χ3n) is 4.29. The molecule has 2 N–H and O–H groups in total. The molecule has 5 nitrogen and oxygen atoms in total. The maximum Gasteiger partial charge on any atom is 0.260 e. The average molecular weight is 327 g/mol. The van der Waals surface area contributed by atoms with Crippen molar-refractivity contribution >= 4 is 5.91 Å². The van der Waals surface area contributed by atoms with E-state index in [0.717, 1.165) is 18.6 Å². The maximum absolute atomic E-state index is 13.4. The van der Waals surface area contributed by atoms with Gasteiger partial charge >= 0.3 is 0 Å². The van der Waals surface area contributed by atoms with Gasteiger partial charge in [0, 0.05) is 31.7 Å². The number of ether oxygens (including phenoxy) is 1. The summed E-state index contributed by atoms with van der Waals surface area (Å²) in [4.78, 5) is 13.6. The Morgan fingerprint density at radius 2 is 1.91 bits per heavy atom. The van der Waals surface area contributed by atoms with Gasteiger partial charge in [0.25, 0.3) is 5.91 Å². The molecule has 7 heteroatoms. The number of hydrogen-bond donors (Lipinski definition) is 2. The zero-order valence-electron chi connectivity index (χ0n) is 13.6. The zero-order chi connectivity index (χ0) is 17.0. The molecule has 2 atom stereocenters. The van der Waals surface area contributed by atoms with Gasteiger partial charge in [-0.05, 0) is 38.3 Å². The number of halogens is 2. The van der Waals surface area contributed by atoms with Crippen molar-refractivity contribution in [2.24, 2.45) is 5.92 Å². The van der Waals surface area contributed by atoms with E-state index < -0.39 is 11.6 Å². The lowest BCUT2D eigenvalue weighted by Crippen LogP contribution is -2.35. The molecule has 1 fully saturated rings. The van der Waals surface area contributed by atoms with Crippen LogP contribution in [-0.2, 0) is 4.79 Å². The lowest BCUT2D eigenvalue weighted by atomic mass is 9.93. The van der Waals surface area contributed by atoms with Gasteiger partial charge in [-0.3, -0.25) is 15.6 Å². The van der Waals surface area contributed by atoms with E-state index in [1.807, 2.05) is 0 Å². The summed E-state index contributed by atoms with van der Waals surface area (Å²) >= 11 is 0. The first-order valence-corrected chi connectivity index (χ1v) is 7.71. The lowest BCUT2D eigenvalue weighted by Gasteiger charge is -2.23. The van der Waals surface area contributed by atoms with Crippen LogP contribution in [-0.4, -0.2) is 43.1 Å². The Hall–Kier alpha value is -1.73. The van der Waals surface area contributed by atoms with Crippen molar-refractivity contribution in [3.05, 3.63) is 29.8 Å².